The number of thiophene rings is 1. The minimum atomic E-state index is -0.00812. The molecule has 1 amide bonds. The Morgan fingerprint density at radius 2 is 2.17 bits per heavy atom. The van der Waals surface area contributed by atoms with Gasteiger partial charge in [-0.2, -0.15) is 0 Å². The quantitative estimate of drug-likeness (QED) is 0.890. The molecule has 2 N–H and O–H groups in total. The molecule has 0 unspecified atom stereocenters. The molecule has 1 aromatic heterocycles. The average molecular weight is 267 g/mol. The van der Waals surface area contributed by atoms with Gasteiger partial charge in [-0.3, -0.25) is 4.79 Å². The fourth-order valence-corrected chi connectivity index (χ4v) is 3.08. The van der Waals surface area contributed by atoms with Crippen molar-refractivity contribution in [2.45, 2.75) is 19.8 Å². The van der Waals surface area contributed by atoms with E-state index in [-0.39, 0.29) is 5.91 Å². The Balaban J connectivity index is 2.17. The summed E-state index contributed by atoms with van der Waals surface area (Å²) in [5, 5.41) is 1.12. The molecule has 0 saturated heterocycles. The second-order valence-electron chi connectivity index (χ2n) is 5.05. The summed E-state index contributed by atoms with van der Waals surface area (Å²) in [6, 6.07) is 1.94. The summed E-state index contributed by atoms with van der Waals surface area (Å²) < 4.78 is 0. The van der Waals surface area contributed by atoms with E-state index in [9.17, 15) is 4.79 Å². The van der Waals surface area contributed by atoms with Crippen LogP contribution < -0.4 is 10.6 Å². The van der Waals surface area contributed by atoms with Gasteiger partial charge in [-0.05, 0) is 31.7 Å². The number of carbonyl (C=O) groups excluding carboxylic acids is 1. The van der Waals surface area contributed by atoms with Crippen molar-refractivity contribution >= 4 is 27.9 Å². The van der Waals surface area contributed by atoms with Crippen LogP contribution in [0.5, 0.6) is 0 Å². The topological polar surface area (TPSA) is 49.6 Å². The van der Waals surface area contributed by atoms with Gasteiger partial charge in [0.2, 0.25) is 0 Å². The first-order chi connectivity index (χ1) is 8.52. The lowest BCUT2D eigenvalue weighted by molar-refractivity contribution is 0.0833. The van der Waals surface area contributed by atoms with E-state index < -0.39 is 0 Å². The lowest BCUT2D eigenvalue weighted by Gasteiger charge is -2.20. The van der Waals surface area contributed by atoms with Crippen LogP contribution in [0.15, 0.2) is 6.07 Å². The lowest BCUT2D eigenvalue weighted by Crippen LogP contribution is -2.24. The van der Waals surface area contributed by atoms with Gasteiger partial charge >= 0.3 is 0 Å². The summed E-state index contributed by atoms with van der Waals surface area (Å²) >= 11 is 1.51. The molecule has 1 saturated carbocycles. The average Bonchev–Trinajstić information content (AvgIpc) is 3.07. The van der Waals surface area contributed by atoms with Gasteiger partial charge in [-0.15, -0.1) is 11.3 Å². The number of nitrogen functional groups attached to an aromatic ring is 1. The summed E-state index contributed by atoms with van der Waals surface area (Å²) in [5.74, 6) is 0.826. The zero-order chi connectivity index (χ0) is 13.3. The third kappa shape index (κ3) is 2.77. The molecule has 0 spiro atoms. The fraction of sp³-hybridized carbons (Fsp3) is 0.615. The van der Waals surface area contributed by atoms with Crippen LogP contribution in [0, 0.1) is 5.92 Å². The van der Waals surface area contributed by atoms with E-state index in [1.54, 1.807) is 19.0 Å². The van der Waals surface area contributed by atoms with Gasteiger partial charge in [-0.1, -0.05) is 0 Å². The van der Waals surface area contributed by atoms with E-state index in [4.69, 9.17) is 5.73 Å². The van der Waals surface area contributed by atoms with Crippen molar-refractivity contribution in [3.8, 4) is 0 Å². The third-order valence-corrected chi connectivity index (χ3v) is 4.42. The Labute approximate surface area is 112 Å². The van der Waals surface area contributed by atoms with Gasteiger partial charge in [-0.25, -0.2) is 0 Å². The Bertz CT molecular complexity index is 437. The molecule has 0 aromatic carbocycles. The van der Waals surface area contributed by atoms with Gasteiger partial charge in [0.1, 0.15) is 4.88 Å². The minimum absolute atomic E-state index is 0.00812. The summed E-state index contributed by atoms with van der Waals surface area (Å²) in [6.07, 6.45) is 2.67. The number of amides is 1. The molecule has 5 heteroatoms. The van der Waals surface area contributed by atoms with Gasteiger partial charge in [0.05, 0.1) is 10.7 Å². The van der Waals surface area contributed by atoms with Gasteiger partial charge < -0.3 is 15.5 Å². The number of rotatable bonds is 5. The van der Waals surface area contributed by atoms with Crippen molar-refractivity contribution in [1.82, 2.24) is 4.90 Å². The van der Waals surface area contributed by atoms with Crippen molar-refractivity contribution in [3.05, 3.63) is 10.9 Å². The first kappa shape index (κ1) is 13.2. The predicted molar refractivity (Wildman–Crippen MR) is 77.4 cm³/mol. The largest absolute Gasteiger partial charge is 0.397 e. The molecule has 1 heterocycles. The van der Waals surface area contributed by atoms with E-state index in [2.05, 4.69) is 11.8 Å². The molecule has 1 aromatic rings. The van der Waals surface area contributed by atoms with Crippen LogP contribution in [0.4, 0.5) is 10.7 Å². The maximum Gasteiger partial charge on any atom is 0.265 e. The first-order valence-electron chi connectivity index (χ1n) is 6.38. The number of hydrogen-bond acceptors (Lipinski definition) is 4. The zero-order valence-corrected chi connectivity index (χ0v) is 12.1. The normalized spacial score (nSPS) is 14.6. The zero-order valence-electron chi connectivity index (χ0n) is 11.3. The fourth-order valence-electron chi connectivity index (χ4n) is 1.90. The molecule has 0 aliphatic heterocycles. The van der Waals surface area contributed by atoms with Crippen LogP contribution >= 0.6 is 11.3 Å². The van der Waals surface area contributed by atoms with Crippen LogP contribution in [0.3, 0.4) is 0 Å². The molecule has 18 heavy (non-hydrogen) atoms. The maximum atomic E-state index is 12.0. The van der Waals surface area contributed by atoms with Crippen LogP contribution in [0.25, 0.3) is 0 Å². The van der Waals surface area contributed by atoms with Crippen molar-refractivity contribution in [2.75, 3.05) is 37.8 Å². The van der Waals surface area contributed by atoms with E-state index in [0.29, 0.717) is 10.6 Å². The summed E-state index contributed by atoms with van der Waals surface area (Å²) in [4.78, 5) is 16.5. The molecule has 1 fully saturated rings. The lowest BCUT2D eigenvalue weighted by atomic mass is 10.3. The second-order valence-corrected chi connectivity index (χ2v) is 6.08. The first-order valence-corrected chi connectivity index (χ1v) is 7.20. The van der Waals surface area contributed by atoms with Crippen LogP contribution in [-0.2, 0) is 0 Å². The molecule has 0 radical (unpaired) electrons. The molecule has 4 nitrogen and oxygen atoms in total. The number of nitrogens with two attached hydrogens (primary N) is 1. The van der Waals surface area contributed by atoms with Crippen LogP contribution in [0.2, 0.25) is 0 Å². The summed E-state index contributed by atoms with van der Waals surface area (Å²) in [6.45, 7) is 4.20. The van der Waals surface area contributed by atoms with Gasteiger partial charge in [0, 0.05) is 27.2 Å². The SMILES string of the molecule is CCN(CC1CC1)c1cc(N)c(C(=O)N(C)C)s1. The smallest absolute Gasteiger partial charge is 0.265 e. The maximum absolute atomic E-state index is 12.0. The highest BCUT2D eigenvalue weighted by molar-refractivity contribution is 7.18. The summed E-state index contributed by atoms with van der Waals surface area (Å²) in [7, 11) is 3.51. The van der Waals surface area contributed by atoms with E-state index in [1.165, 1.54) is 24.2 Å². The van der Waals surface area contributed by atoms with Gasteiger partial charge in [0.25, 0.3) is 5.91 Å². The van der Waals surface area contributed by atoms with Crippen molar-refractivity contribution < 1.29 is 4.79 Å². The standard InChI is InChI=1S/C13H21N3OS/c1-4-16(8-9-5-6-9)11-7-10(14)12(18-11)13(17)15(2)3/h7,9H,4-6,8,14H2,1-3H3. The van der Waals surface area contributed by atoms with Gasteiger partial charge in [0.15, 0.2) is 0 Å². The van der Waals surface area contributed by atoms with Crippen LogP contribution in [0.1, 0.15) is 29.4 Å². The summed E-state index contributed by atoms with van der Waals surface area (Å²) in [5.41, 5.74) is 6.56. The third-order valence-electron chi connectivity index (χ3n) is 3.22. The molecule has 1 aliphatic carbocycles. The number of nitrogens with zero attached hydrogens (tertiary/aromatic N) is 2. The Kier molecular flexibility index (Phi) is 3.80. The Hall–Kier alpha value is -1.23. The van der Waals surface area contributed by atoms with Crippen molar-refractivity contribution in [3.63, 3.8) is 0 Å². The molecule has 1 aliphatic rings. The molecule has 0 bridgehead atoms. The Morgan fingerprint density at radius 3 is 2.67 bits per heavy atom. The Morgan fingerprint density at radius 1 is 1.50 bits per heavy atom. The van der Waals surface area contributed by atoms with Crippen LogP contribution in [-0.4, -0.2) is 38.0 Å². The van der Waals surface area contributed by atoms with Crippen molar-refractivity contribution in [2.24, 2.45) is 5.92 Å². The highest BCUT2D eigenvalue weighted by Gasteiger charge is 2.25. The minimum Gasteiger partial charge on any atom is -0.397 e. The van der Waals surface area contributed by atoms with E-state index >= 15 is 0 Å². The van der Waals surface area contributed by atoms with E-state index in [1.807, 2.05) is 6.07 Å². The predicted octanol–water partition coefficient (Wildman–Crippen LogP) is 2.27. The molecule has 0 atom stereocenters. The number of anilines is 2. The second kappa shape index (κ2) is 5.18. The van der Waals surface area contributed by atoms with E-state index in [0.717, 1.165) is 24.0 Å². The number of carbonyl (C=O) groups is 1. The highest BCUT2D eigenvalue weighted by atomic mass is 32.1. The monoisotopic (exact) mass is 267 g/mol. The number of hydrogen-bond donors (Lipinski definition) is 1. The van der Waals surface area contributed by atoms with Crippen molar-refractivity contribution in [1.29, 1.82) is 0 Å². The molecule has 2 rings (SSSR count). The molecule has 100 valence electrons. The highest BCUT2D eigenvalue weighted by Crippen LogP contribution is 2.36. The molecular weight excluding hydrogens is 246 g/mol. The molecular formula is C13H21N3OS.